The maximum Gasteiger partial charge on any atom is 0.288 e. The van der Waals surface area contributed by atoms with Gasteiger partial charge in [-0.2, -0.15) is 0 Å². The van der Waals surface area contributed by atoms with Crippen molar-refractivity contribution in [2.75, 3.05) is 13.2 Å². The van der Waals surface area contributed by atoms with Gasteiger partial charge in [0.1, 0.15) is 5.02 Å². The van der Waals surface area contributed by atoms with E-state index in [0.29, 0.717) is 13.2 Å². The van der Waals surface area contributed by atoms with E-state index in [-0.39, 0.29) is 28.2 Å². The Morgan fingerprint density at radius 1 is 1.56 bits per heavy atom. The Bertz CT molecular complexity index is 486. The van der Waals surface area contributed by atoms with E-state index in [0.717, 1.165) is 6.42 Å². The third-order valence-corrected chi connectivity index (χ3v) is 2.99. The Labute approximate surface area is 108 Å². The number of hydrogen-bond acceptors (Lipinski definition) is 4. The van der Waals surface area contributed by atoms with Crippen LogP contribution in [0.25, 0.3) is 0 Å². The third kappa shape index (κ3) is 2.77. The van der Waals surface area contributed by atoms with Gasteiger partial charge in [-0.1, -0.05) is 11.6 Å². The molecule has 18 heavy (non-hydrogen) atoms. The van der Waals surface area contributed by atoms with Crippen LogP contribution < -0.4 is 5.32 Å². The smallest absolute Gasteiger partial charge is 0.288 e. The highest BCUT2D eigenvalue weighted by atomic mass is 35.5. The van der Waals surface area contributed by atoms with Crippen LogP contribution in [0.1, 0.15) is 16.8 Å². The van der Waals surface area contributed by atoms with Crippen LogP contribution in [0.2, 0.25) is 5.02 Å². The Morgan fingerprint density at radius 3 is 2.94 bits per heavy atom. The molecule has 1 aliphatic heterocycles. The van der Waals surface area contributed by atoms with Crippen molar-refractivity contribution >= 4 is 23.2 Å². The minimum atomic E-state index is -0.613. The summed E-state index contributed by atoms with van der Waals surface area (Å²) in [6.45, 7) is 1.09. The van der Waals surface area contributed by atoms with E-state index in [2.05, 4.69) is 5.32 Å². The number of nitro benzene ring substituents is 1. The van der Waals surface area contributed by atoms with Gasteiger partial charge in [-0.3, -0.25) is 14.9 Å². The average molecular weight is 271 g/mol. The van der Waals surface area contributed by atoms with E-state index in [1.54, 1.807) is 0 Å². The molecule has 6 nitrogen and oxygen atoms in total. The van der Waals surface area contributed by atoms with Gasteiger partial charge in [0.2, 0.25) is 0 Å². The van der Waals surface area contributed by atoms with Crippen LogP contribution in [0, 0.1) is 10.1 Å². The summed E-state index contributed by atoms with van der Waals surface area (Å²) in [7, 11) is 0. The highest BCUT2D eigenvalue weighted by Crippen LogP contribution is 2.25. The van der Waals surface area contributed by atoms with E-state index in [9.17, 15) is 14.9 Å². The van der Waals surface area contributed by atoms with Gasteiger partial charge in [-0.25, -0.2) is 0 Å². The maximum atomic E-state index is 11.9. The first-order valence-electron chi connectivity index (χ1n) is 5.40. The summed E-state index contributed by atoms with van der Waals surface area (Å²) >= 11 is 5.67. The molecule has 0 radical (unpaired) electrons. The van der Waals surface area contributed by atoms with Crippen LogP contribution in [-0.2, 0) is 4.74 Å². The molecule has 1 aromatic rings. The quantitative estimate of drug-likeness (QED) is 0.670. The molecule has 0 bridgehead atoms. The van der Waals surface area contributed by atoms with E-state index in [1.165, 1.54) is 18.2 Å². The summed E-state index contributed by atoms with van der Waals surface area (Å²) < 4.78 is 5.13. The standard InChI is InChI=1S/C11H11ClN2O4/c12-9-2-1-7(5-10(9)14(16)17)11(15)13-8-3-4-18-6-8/h1-2,5,8H,3-4,6H2,(H,13,15). The predicted octanol–water partition coefficient (Wildman–Crippen LogP) is 1.77. The van der Waals surface area contributed by atoms with Crippen molar-refractivity contribution in [2.24, 2.45) is 0 Å². The molecule has 1 amide bonds. The summed E-state index contributed by atoms with van der Waals surface area (Å²) in [5.41, 5.74) is -0.0509. The molecule has 7 heteroatoms. The summed E-state index contributed by atoms with van der Waals surface area (Å²) in [6.07, 6.45) is 0.751. The van der Waals surface area contributed by atoms with Crippen molar-refractivity contribution in [1.29, 1.82) is 0 Å². The number of amides is 1. The SMILES string of the molecule is O=C(NC1CCOC1)c1ccc(Cl)c([N+](=O)[O-])c1. The normalized spacial score (nSPS) is 18.6. The Kier molecular flexibility index (Phi) is 3.78. The Morgan fingerprint density at radius 2 is 2.33 bits per heavy atom. The van der Waals surface area contributed by atoms with Gasteiger partial charge in [0, 0.05) is 18.2 Å². The van der Waals surface area contributed by atoms with E-state index in [4.69, 9.17) is 16.3 Å². The number of nitrogens with one attached hydrogen (secondary N) is 1. The highest BCUT2D eigenvalue weighted by Gasteiger charge is 2.21. The molecular weight excluding hydrogens is 260 g/mol. The second-order valence-corrected chi connectivity index (χ2v) is 4.36. The molecule has 0 aromatic heterocycles. The van der Waals surface area contributed by atoms with Gasteiger partial charge in [-0.15, -0.1) is 0 Å². The number of carbonyl (C=O) groups is 1. The summed E-state index contributed by atoms with van der Waals surface area (Å²) in [5.74, 6) is -0.356. The number of hydrogen-bond donors (Lipinski definition) is 1. The summed E-state index contributed by atoms with van der Waals surface area (Å²) in [6, 6.07) is 3.94. The zero-order valence-corrected chi connectivity index (χ0v) is 10.1. The molecule has 96 valence electrons. The number of rotatable bonds is 3. The minimum absolute atomic E-state index is 0.0146. The number of ether oxygens (including phenoxy) is 1. The molecular formula is C11H11ClN2O4. The molecule has 1 aliphatic rings. The second-order valence-electron chi connectivity index (χ2n) is 3.96. The number of carbonyl (C=O) groups excluding carboxylic acids is 1. The van der Waals surface area contributed by atoms with Crippen LogP contribution in [0.15, 0.2) is 18.2 Å². The first-order valence-corrected chi connectivity index (χ1v) is 5.78. The van der Waals surface area contributed by atoms with Gasteiger partial charge in [0.15, 0.2) is 0 Å². The molecule has 0 saturated carbocycles. The fourth-order valence-corrected chi connectivity index (χ4v) is 1.90. The van der Waals surface area contributed by atoms with Gasteiger partial charge in [0.25, 0.3) is 11.6 Å². The van der Waals surface area contributed by atoms with Gasteiger partial charge in [-0.05, 0) is 18.6 Å². The van der Waals surface area contributed by atoms with Crippen molar-refractivity contribution in [3.05, 3.63) is 38.9 Å². The zero-order valence-electron chi connectivity index (χ0n) is 9.39. The molecule has 0 aliphatic carbocycles. The molecule has 1 unspecified atom stereocenters. The van der Waals surface area contributed by atoms with Crippen molar-refractivity contribution in [3.8, 4) is 0 Å². The van der Waals surface area contributed by atoms with Crippen LogP contribution in [0.4, 0.5) is 5.69 Å². The molecule has 1 N–H and O–H groups in total. The van der Waals surface area contributed by atoms with E-state index in [1.807, 2.05) is 0 Å². The topological polar surface area (TPSA) is 81.5 Å². The van der Waals surface area contributed by atoms with Crippen molar-refractivity contribution in [1.82, 2.24) is 5.32 Å². The minimum Gasteiger partial charge on any atom is -0.379 e. The number of nitrogens with zero attached hydrogens (tertiary/aromatic N) is 1. The van der Waals surface area contributed by atoms with Gasteiger partial charge in [0.05, 0.1) is 17.6 Å². The molecule has 2 rings (SSSR count). The highest BCUT2D eigenvalue weighted by molar-refractivity contribution is 6.32. The van der Waals surface area contributed by atoms with Crippen molar-refractivity contribution < 1.29 is 14.5 Å². The van der Waals surface area contributed by atoms with Gasteiger partial charge >= 0.3 is 0 Å². The van der Waals surface area contributed by atoms with E-state index >= 15 is 0 Å². The van der Waals surface area contributed by atoms with Crippen molar-refractivity contribution in [2.45, 2.75) is 12.5 Å². The zero-order chi connectivity index (χ0) is 13.1. The Balaban J connectivity index is 2.14. The molecule has 1 aromatic carbocycles. The fourth-order valence-electron chi connectivity index (χ4n) is 1.71. The lowest BCUT2D eigenvalue weighted by Gasteiger charge is -2.10. The summed E-state index contributed by atoms with van der Waals surface area (Å²) in [5, 5.41) is 13.5. The lowest BCUT2D eigenvalue weighted by molar-refractivity contribution is -0.384. The lowest BCUT2D eigenvalue weighted by atomic mass is 10.1. The fraction of sp³-hybridized carbons (Fsp3) is 0.364. The van der Waals surface area contributed by atoms with Crippen LogP contribution in [0.3, 0.4) is 0 Å². The van der Waals surface area contributed by atoms with Crippen LogP contribution in [-0.4, -0.2) is 30.1 Å². The molecule has 1 fully saturated rings. The maximum absolute atomic E-state index is 11.9. The lowest BCUT2D eigenvalue weighted by Crippen LogP contribution is -2.34. The first-order chi connectivity index (χ1) is 8.58. The summed E-state index contributed by atoms with van der Waals surface area (Å²) in [4.78, 5) is 22.0. The van der Waals surface area contributed by atoms with E-state index < -0.39 is 4.92 Å². The number of benzene rings is 1. The molecule has 1 saturated heterocycles. The molecule has 1 heterocycles. The molecule has 1 atom stereocenters. The van der Waals surface area contributed by atoms with Crippen LogP contribution in [0.5, 0.6) is 0 Å². The Hall–Kier alpha value is -1.66. The van der Waals surface area contributed by atoms with Gasteiger partial charge < -0.3 is 10.1 Å². The average Bonchev–Trinajstić information content (AvgIpc) is 2.81. The molecule has 0 spiro atoms. The largest absolute Gasteiger partial charge is 0.379 e. The monoisotopic (exact) mass is 270 g/mol. The second kappa shape index (κ2) is 5.32. The number of halogens is 1. The third-order valence-electron chi connectivity index (χ3n) is 2.67. The van der Waals surface area contributed by atoms with Crippen LogP contribution >= 0.6 is 11.6 Å². The first kappa shape index (κ1) is 12.8. The predicted molar refractivity (Wildman–Crippen MR) is 64.8 cm³/mol. The number of nitro groups is 1. The van der Waals surface area contributed by atoms with Crippen molar-refractivity contribution in [3.63, 3.8) is 0 Å².